The number of ether oxygens (including phenoxy) is 1. The van der Waals surface area contributed by atoms with Gasteiger partial charge in [-0.3, -0.25) is 9.69 Å². The number of amides is 1. The molecule has 0 bridgehead atoms. The second-order valence-electron chi connectivity index (χ2n) is 5.75. The topological polar surface area (TPSA) is 58.8 Å². The van der Waals surface area contributed by atoms with Gasteiger partial charge in [0.15, 0.2) is 5.69 Å². The van der Waals surface area contributed by atoms with Crippen LogP contribution in [0.1, 0.15) is 23.0 Å². The molecule has 2 aliphatic heterocycles. The summed E-state index contributed by atoms with van der Waals surface area (Å²) >= 11 is 0. The van der Waals surface area contributed by atoms with Crippen molar-refractivity contribution in [2.45, 2.75) is 19.9 Å². The molecule has 2 unspecified atom stereocenters. The normalized spacial score (nSPS) is 28.0. The van der Waals surface area contributed by atoms with Gasteiger partial charge in [-0.25, -0.2) is 0 Å². The lowest BCUT2D eigenvalue weighted by molar-refractivity contribution is 0.0119. The third-order valence-corrected chi connectivity index (χ3v) is 4.32. The highest BCUT2D eigenvalue weighted by Gasteiger charge is 2.37. The summed E-state index contributed by atoms with van der Waals surface area (Å²) < 4.78 is 10.3. The summed E-state index contributed by atoms with van der Waals surface area (Å²) in [4.78, 5) is 16.8. The summed E-state index contributed by atoms with van der Waals surface area (Å²) in [6, 6.07) is 0.426. The molecular weight excluding hydrogens is 258 g/mol. The van der Waals surface area contributed by atoms with Crippen molar-refractivity contribution in [2.24, 2.45) is 5.92 Å². The fraction of sp³-hybridized carbons (Fsp3) is 0.714. The van der Waals surface area contributed by atoms with Gasteiger partial charge in [0.25, 0.3) is 5.91 Å². The molecule has 1 aromatic rings. The smallest absolute Gasteiger partial charge is 0.276 e. The van der Waals surface area contributed by atoms with E-state index in [1.807, 2.05) is 11.8 Å². The lowest BCUT2D eigenvalue weighted by Crippen LogP contribution is -2.47. The Morgan fingerprint density at radius 2 is 2.10 bits per heavy atom. The second-order valence-corrected chi connectivity index (χ2v) is 5.75. The number of carbonyl (C=O) groups excluding carboxylic acids is 1. The van der Waals surface area contributed by atoms with Gasteiger partial charge >= 0.3 is 0 Å². The van der Waals surface area contributed by atoms with Gasteiger partial charge in [-0.1, -0.05) is 12.1 Å². The molecule has 2 aliphatic rings. The quantitative estimate of drug-likeness (QED) is 0.800. The zero-order valence-electron chi connectivity index (χ0n) is 12.0. The number of hydrogen-bond donors (Lipinski definition) is 0. The Kier molecular flexibility index (Phi) is 3.76. The largest absolute Gasteiger partial charge is 0.379 e. The minimum Gasteiger partial charge on any atom is -0.379 e. The highest BCUT2D eigenvalue weighted by molar-refractivity contribution is 5.93. The zero-order chi connectivity index (χ0) is 14.1. The number of carbonyl (C=O) groups is 1. The maximum Gasteiger partial charge on any atom is 0.276 e. The van der Waals surface area contributed by atoms with Crippen molar-refractivity contribution in [3.63, 3.8) is 0 Å². The highest BCUT2D eigenvalue weighted by atomic mass is 16.5. The van der Waals surface area contributed by atoms with Crippen LogP contribution < -0.4 is 0 Å². The number of aromatic nitrogens is 1. The Hall–Kier alpha value is -1.40. The predicted molar refractivity (Wildman–Crippen MR) is 72.5 cm³/mol. The predicted octanol–water partition coefficient (Wildman–Crippen LogP) is 0.776. The molecule has 0 N–H and O–H groups in total. The Bertz CT molecular complexity index is 482. The minimum atomic E-state index is -0.0149. The third-order valence-electron chi connectivity index (χ3n) is 4.32. The monoisotopic (exact) mass is 279 g/mol. The summed E-state index contributed by atoms with van der Waals surface area (Å²) in [6.45, 7) is 9.12. The Morgan fingerprint density at radius 1 is 1.35 bits per heavy atom. The van der Waals surface area contributed by atoms with E-state index < -0.39 is 0 Å². The molecule has 0 radical (unpaired) electrons. The number of rotatable bonds is 2. The number of aryl methyl sites for hydroxylation is 1. The van der Waals surface area contributed by atoms with Crippen LogP contribution in [0.4, 0.5) is 0 Å². The molecule has 1 amide bonds. The molecule has 3 heterocycles. The summed E-state index contributed by atoms with van der Waals surface area (Å²) in [5.74, 6) is 0.461. The Morgan fingerprint density at radius 3 is 2.75 bits per heavy atom. The van der Waals surface area contributed by atoms with Crippen LogP contribution in [0.3, 0.4) is 0 Å². The minimum absolute atomic E-state index is 0.0149. The first kappa shape index (κ1) is 13.6. The van der Waals surface area contributed by atoms with Crippen molar-refractivity contribution in [1.82, 2.24) is 15.0 Å². The molecule has 2 fully saturated rings. The van der Waals surface area contributed by atoms with Crippen molar-refractivity contribution < 1.29 is 14.1 Å². The fourth-order valence-electron chi connectivity index (χ4n) is 3.14. The molecule has 20 heavy (non-hydrogen) atoms. The fourth-order valence-corrected chi connectivity index (χ4v) is 3.14. The highest BCUT2D eigenvalue weighted by Crippen LogP contribution is 2.24. The van der Waals surface area contributed by atoms with E-state index in [-0.39, 0.29) is 5.91 Å². The van der Waals surface area contributed by atoms with Crippen molar-refractivity contribution in [3.8, 4) is 0 Å². The molecule has 0 spiro atoms. The average Bonchev–Trinajstić information content (AvgIpc) is 3.05. The maximum atomic E-state index is 12.5. The van der Waals surface area contributed by atoms with Crippen LogP contribution in [0, 0.1) is 12.8 Å². The second kappa shape index (κ2) is 5.54. The Labute approximate surface area is 118 Å². The van der Waals surface area contributed by atoms with Gasteiger partial charge in [-0.05, 0) is 12.8 Å². The molecule has 110 valence electrons. The lowest BCUT2D eigenvalue weighted by Gasteiger charge is -2.33. The van der Waals surface area contributed by atoms with E-state index in [4.69, 9.17) is 9.26 Å². The van der Waals surface area contributed by atoms with Gasteiger partial charge in [-0.15, -0.1) is 0 Å². The lowest BCUT2D eigenvalue weighted by atomic mass is 10.0. The molecule has 1 aromatic heterocycles. The van der Waals surface area contributed by atoms with Crippen molar-refractivity contribution >= 4 is 5.91 Å². The third kappa shape index (κ3) is 2.45. The van der Waals surface area contributed by atoms with Crippen molar-refractivity contribution in [2.75, 3.05) is 39.4 Å². The first-order chi connectivity index (χ1) is 9.66. The molecule has 0 aromatic carbocycles. The molecular formula is C14H21N3O3. The first-order valence-electron chi connectivity index (χ1n) is 7.19. The number of morpholine rings is 1. The first-order valence-corrected chi connectivity index (χ1v) is 7.19. The summed E-state index contributed by atoms with van der Waals surface area (Å²) in [6.07, 6.45) is 1.52. The van der Waals surface area contributed by atoms with Crippen LogP contribution in [0.25, 0.3) is 0 Å². The molecule has 2 saturated heterocycles. The van der Waals surface area contributed by atoms with Gasteiger partial charge in [0.1, 0.15) is 6.26 Å². The molecule has 3 rings (SSSR count). The van der Waals surface area contributed by atoms with E-state index in [1.54, 1.807) is 0 Å². The summed E-state index contributed by atoms with van der Waals surface area (Å²) in [5.41, 5.74) is 1.25. The van der Waals surface area contributed by atoms with E-state index in [9.17, 15) is 4.79 Å². The summed E-state index contributed by atoms with van der Waals surface area (Å²) in [7, 11) is 0. The maximum absolute atomic E-state index is 12.5. The molecule has 0 saturated carbocycles. The van der Waals surface area contributed by atoms with Crippen LogP contribution in [-0.4, -0.2) is 66.3 Å². The molecule has 6 nitrogen and oxygen atoms in total. The standard InChI is InChI=1S/C14H21N3O3/c1-10-7-17(14(18)13-11(2)9-20-15-13)8-12(10)16-3-5-19-6-4-16/h9-10,12H,3-8H2,1-2H3. The van der Waals surface area contributed by atoms with E-state index in [0.717, 1.165) is 45.0 Å². The zero-order valence-corrected chi connectivity index (χ0v) is 12.0. The number of likely N-dealkylation sites (tertiary alicyclic amines) is 1. The van der Waals surface area contributed by atoms with E-state index >= 15 is 0 Å². The van der Waals surface area contributed by atoms with Gasteiger partial charge in [0, 0.05) is 37.8 Å². The Balaban J connectivity index is 1.68. The summed E-state index contributed by atoms with van der Waals surface area (Å²) in [5, 5.41) is 3.82. The van der Waals surface area contributed by atoms with Crippen molar-refractivity contribution in [3.05, 3.63) is 17.5 Å². The van der Waals surface area contributed by atoms with Crippen molar-refractivity contribution in [1.29, 1.82) is 0 Å². The van der Waals surface area contributed by atoms with Crippen LogP contribution in [0.15, 0.2) is 10.8 Å². The number of nitrogens with zero attached hydrogens (tertiary/aromatic N) is 3. The van der Waals surface area contributed by atoms with Gasteiger partial charge in [0.2, 0.25) is 0 Å². The van der Waals surface area contributed by atoms with Crippen LogP contribution in [-0.2, 0) is 4.74 Å². The van der Waals surface area contributed by atoms with Crippen LogP contribution >= 0.6 is 0 Å². The van der Waals surface area contributed by atoms with E-state index in [0.29, 0.717) is 17.7 Å². The van der Waals surface area contributed by atoms with E-state index in [2.05, 4.69) is 17.0 Å². The van der Waals surface area contributed by atoms with Crippen LogP contribution in [0.5, 0.6) is 0 Å². The average molecular weight is 279 g/mol. The molecule has 6 heteroatoms. The SMILES string of the molecule is Cc1conc1C(=O)N1CC(C)C(N2CCOCC2)C1. The van der Waals surface area contributed by atoms with Gasteiger partial charge in [0.05, 0.1) is 13.2 Å². The van der Waals surface area contributed by atoms with Gasteiger partial charge in [-0.2, -0.15) is 0 Å². The molecule has 2 atom stereocenters. The van der Waals surface area contributed by atoms with E-state index in [1.165, 1.54) is 6.26 Å². The van der Waals surface area contributed by atoms with Gasteiger partial charge < -0.3 is 14.2 Å². The number of hydrogen-bond acceptors (Lipinski definition) is 5. The molecule has 0 aliphatic carbocycles. The van der Waals surface area contributed by atoms with Crippen LogP contribution in [0.2, 0.25) is 0 Å².